The molecule has 5 rings (SSSR count). The molecular weight excluding hydrogens is 424 g/mol. The minimum atomic E-state index is -0.123. The van der Waals surface area contributed by atoms with Crippen LogP contribution in [0.15, 0.2) is 70.7 Å². The molecule has 3 aromatic heterocycles. The number of hydrogen-bond acceptors (Lipinski definition) is 7. The zero-order valence-corrected chi connectivity index (χ0v) is 18.2. The van der Waals surface area contributed by atoms with Gasteiger partial charge >= 0.3 is 0 Å². The van der Waals surface area contributed by atoms with Gasteiger partial charge in [0.2, 0.25) is 0 Å². The lowest BCUT2D eigenvalue weighted by Crippen LogP contribution is -2.48. The average molecular weight is 447 g/mol. The highest BCUT2D eigenvalue weighted by Gasteiger charge is 2.27. The van der Waals surface area contributed by atoms with E-state index in [-0.39, 0.29) is 5.91 Å². The lowest BCUT2D eigenvalue weighted by atomic mass is 10.2. The molecule has 1 aliphatic heterocycles. The Balaban J connectivity index is 1.39. The fraction of sp³-hybridized carbons (Fsp3) is 0.217. The predicted octanol–water partition coefficient (Wildman–Crippen LogP) is 3.34. The third-order valence-corrected chi connectivity index (χ3v) is 6.25. The van der Waals surface area contributed by atoms with Crippen LogP contribution < -0.4 is 0 Å². The third-order valence-electron chi connectivity index (χ3n) is 5.39. The fourth-order valence-electron chi connectivity index (χ4n) is 3.73. The van der Waals surface area contributed by atoms with Crippen molar-refractivity contribution >= 4 is 29.0 Å². The highest BCUT2D eigenvalue weighted by molar-refractivity contribution is 7.09. The molecule has 9 heteroatoms. The molecule has 0 aliphatic carbocycles. The van der Waals surface area contributed by atoms with Gasteiger partial charge < -0.3 is 9.32 Å². The molecule has 0 bridgehead atoms. The first-order chi connectivity index (χ1) is 15.8. The molecule has 1 amide bonds. The Morgan fingerprint density at radius 1 is 1.03 bits per heavy atom. The number of carbonyl (C=O) groups is 1. The molecule has 0 radical (unpaired) electrons. The van der Waals surface area contributed by atoms with E-state index in [2.05, 4.69) is 37.9 Å². The maximum absolute atomic E-state index is 13.6. The standard InChI is InChI=1S/C23H22N6O2S/c30-23(28-12-10-27(11-13-28)17-20-9-5-15-32-20)21(16-19-8-4-14-31-19)29-22(24-25-26-29)18-6-2-1-3-7-18/h1-9,14-16H,10-13,17H2/b21-16-. The largest absolute Gasteiger partial charge is 0.465 e. The molecule has 8 nitrogen and oxygen atoms in total. The van der Waals surface area contributed by atoms with Gasteiger partial charge in [0.1, 0.15) is 11.5 Å². The zero-order chi connectivity index (χ0) is 21.8. The van der Waals surface area contributed by atoms with Gasteiger partial charge in [0.05, 0.1) is 6.26 Å². The summed E-state index contributed by atoms with van der Waals surface area (Å²) in [6.45, 7) is 3.84. The van der Waals surface area contributed by atoms with Crippen LogP contribution in [0.4, 0.5) is 0 Å². The van der Waals surface area contributed by atoms with Crippen LogP contribution in [0.3, 0.4) is 0 Å². The van der Waals surface area contributed by atoms with Gasteiger partial charge in [0.15, 0.2) is 5.82 Å². The molecule has 4 heterocycles. The van der Waals surface area contributed by atoms with E-state index in [1.54, 1.807) is 35.8 Å². The number of benzene rings is 1. The molecule has 1 saturated heterocycles. The van der Waals surface area contributed by atoms with Crippen LogP contribution in [-0.4, -0.2) is 62.1 Å². The van der Waals surface area contributed by atoms with Gasteiger partial charge in [-0.3, -0.25) is 9.69 Å². The van der Waals surface area contributed by atoms with Crippen molar-refractivity contribution in [3.8, 4) is 11.4 Å². The molecule has 0 atom stereocenters. The summed E-state index contributed by atoms with van der Waals surface area (Å²) in [7, 11) is 0. The van der Waals surface area contributed by atoms with Crippen LogP contribution in [0.1, 0.15) is 10.6 Å². The third kappa shape index (κ3) is 4.39. The molecule has 1 aromatic carbocycles. The predicted molar refractivity (Wildman–Crippen MR) is 122 cm³/mol. The molecule has 0 saturated carbocycles. The van der Waals surface area contributed by atoms with Crippen LogP contribution in [0.5, 0.6) is 0 Å². The molecule has 0 unspecified atom stereocenters. The number of amides is 1. The minimum Gasteiger partial charge on any atom is -0.465 e. The molecule has 0 spiro atoms. The van der Waals surface area contributed by atoms with Gasteiger partial charge in [-0.2, -0.15) is 4.68 Å². The number of piperazine rings is 1. The van der Waals surface area contributed by atoms with E-state index in [4.69, 9.17) is 4.42 Å². The normalized spacial score (nSPS) is 15.2. The summed E-state index contributed by atoms with van der Waals surface area (Å²) in [6.07, 6.45) is 3.28. The first kappa shape index (κ1) is 20.3. The summed E-state index contributed by atoms with van der Waals surface area (Å²) in [6, 6.07) is 17.4. The lowest BCUT2D eigenvalue weighted by Gasteiger charge is -2.34. The first-order valence-electron chi connectivity index (χ1n) is 10.4. The highest BCUT2D eigenvalue weighted by atomic mass is 32.1. The van der Waals surface area contributed by atoms with Crippen LogP contribution in [0, 0.1) is 0 Å². The fourth-order valence-corrected chi connectivity index (χ4v) is 4.48. The monoisotopic (exact) mass is 446 g/mol. The van der Waals surface area contributed by atoms with E-state index in [9.17, 15) is 4.79 Å². The second-order valence-corrected chi connectivity index (χ2v) is 8.51. The molecular formula is C23H22N6O2S. The minimum absolute atomic E-state index is 0.123. The van der Waals surface area contributed by atoms with E-state index < -0.39 is 0 Å². The van der Waals surface area contributed by atoms with Crippen molar-refractivity contribution in [2.24, 2.45) is 0 Å². The Bertz CT molecular complexity index is 1180. The number of carbonyl (C=O) groups excluding carboxylic acids is 1. The molecule has 0 N–H and O–H groups in total. The summed E-state index contributed by atoms with van der Waals surface area (Å²) in [5, 5.41) is 14.3. The molecule has 4 aromatic rings. The highest BCUT2D eigenvalue weighted by Crippen LogP contribution is 2.23. The Morgan fingerprint density at radius 3 is 2.59 bits per heavy atom. The summed E-state index contributed by atoms with van der Waals surface area (Å²) in [4.78, 5) is 19.2. The molecule has 1 aliphatic rings. The Morgan fingerprint density at radius 2 is 1.88 bits per heavy atom. The van der Waals surface area contributed by atoms with E-state index in [0.29, 0.717) is 30.4 Å². The second kappa shape index (κ2) is 9.29. The van der Waals surface area contributed by atoms with Crippen LogP contribution in [0.25, 0.3) is 23.2 Å². The van der Waals surface area contributed by atoms with Gasteiger partial charge in [-0.15, -0.1) is 16.4 Å². The number of thiophene rings is 1. The van der Waals surface area contributed by atoms with Crippen molar-refractivity contribution in [3.63, 3.8) is 0 Å². The maximum Gasteiger partial charge on any atom is 0.272 e. The number of aromatic nitrogens is 4. The van der Waals surface area contributed by atoms with E-state index in [1.165, 1.54) is 9.56 Å². The van der Waals surface area contributed by atoms with Crippen LogP contribution in [0.2, 0.25) is 0 Å². The number of nitrogens with zero attached hydrogens (tertiary/aromatic N) is 6. The zero-order valence-electron chi connectivity index (χ0n) is 17.4. The van der Waals surface area contributed by atoms with Gasteiger partial charge in [0.25, 0.3) is 5.91 Å². The second-order valence-electron chi connectivity index (χ2n) is 7.47. The van der Waals surface area contributed by atoms with Gasteiger partial charge in [-0.05, 0) is 34.0 Å². The number of rotatable bonds is 6. The SMILES string of the molecule is O=C(/C(=C/c1ccco1)n1nnnc1-c1ccccc1)N1CCN(Cc2cccs2)CC1. The van der Waals surface area contributed by atoms with Crippen molar-refractivity contribution in [2.75, 3.05) is 26.2 Å². The van der Waals surface area contributed by atoms with Crippen molar-refractivity contribution in [2.45, 2.75) is 6.54 Å². The summed E-state index contributed by atoms with van der Waals surface area (Å²) in [5.74, 6) is 0.953. The number of furan rings is 1. The van der Waals surface area contributed by atoms with Crippen molar-refractivity contribution in [1.82, 2.24) is 30.0 Å². The Labute approximate surface area is 189 Å². The summed E-state index contributed by atoms with van der Waals surface area (Å²) < 4.78 is 6.98. The van der Waals surface area contributed by atoms with Crippen molar-refractivity contribution < 1.29 is 9.21 Å². The first-order valence-corrected chi connectivity index (χ1v) is 11.3. The van der Waals surface area contributed by atoms with Crippen LogP contribution >= 0.6 is 11.3 Å². The Hall–Kier alpha value is -3.56. The average Bonchev–Trinajstić information content (AvgIpc) is 3.61. The van der Waals surface area contributed by atoms with Gasteiger partial charge in [0, 0.05) is 49.2 Å². The molecule has 32 heavy (non-hydrogen) atoms. The lowest BCUT2D eigenvalue weighted by molar-refractivity contribution is -0.127. The van der Waals surface area contributed by atoms with E-state index in [0.717, 1.165) is 25.2 Å². The maximum atomic E-state index is 13.6. The van der Waals surface area contributed by atoms with Crippen molar-refractivity contribution in [1.29, 1.82) is 0 Å². The summed E-state index contributed by atoms with van der Waals surface area (Å²) in [5.41, 5.74) is 1.19. The van der Waals surface area contributed by atoms with E-state index >= 15 is 0 Å². The quantitative estimate of drug-likeness (QED) is 0.423. The van der Waals surface area contributed by atoms with Gasteiger partial charge in [-0.25, -0.2) is 0 Å². The summed E-state index contributed by atoms with van der Waals surface area (Å²) >= 11 is 1.76. The molecule has 162 valence electrons. The van der Waals surface area contributed by atoms with E-state index in [1.807, 2.05) is 35.2 Å². The topological polar surface area (TPSA) is 80.3 Å². The number of hydrogen-bond donors (Lipinski definition) is 0. The Kier molecular flexibility index (Phi) is 5.91. The smallest absolute Gasteiger partial charge is 0.272 e. The van der Waals surface area contributed by atoms with Crippen molar-refractivity contribution in [3.05, 3.63) is 76.9 Å². The van der Waals surface area contributed by atoms with Crippen LogP contribution in [-0.2, 0) is 11.3 Å². The van der Waals surface area contributed by atoms with Gasteiger partial charge in [-0.1, -0.05) is 36.4 Å². The molecule has 1 fully saturated rings. The number of tetrazole rings is 1.